The molecule has 2 aromatic rings. The Labute approximate surface area is 123 Å². The van der Waals surface area contributed by atoms with Gasteiger partial charge in [-0.05, 0) is 42.3 Å². The number of benzene rings is 1. The van der Waals surface area contributed by atoms with E-state index in [4.69, 9.17) is 0 Å². The highest BCUT2D eigenvalue weighted by molar-refractivity contribution is 5.31. The van der Waals surface area contributed by atoms with Gasteiger partial charge in [0.05, 0.1) is 0 Å². The number of ether oxygens (including phenoxy) is 1. The summed E-state index contributed by atoms with van der Waals surface area (Å²) in [6.07, 6.45) is 4.27. The number of aromatic nitrogens is 1. The second-order valence-corrected chi connectivity index (χ2v) is 4.63. The highest BCUT2D eigenvalue weighted by atomic mass is 19.3. The first kappa shape index (κ1) is 15.4. The number of pyridine rings is 1. The molecule has 1 aromatic heterocycles. The number of alkyl halides is 2. The smallest absolute Gasteiger partial charge is 0.387 e. The lowest BCUT2D eigenvalue weighted by molar-refractivity contribution is -0.0499. The lowest BCUT2D eigenvalue weighted by Crippen LogP contribution is -2.23. The van der Waals surface area contributed by atoms with Gasteiger partial charge in [0.25, 0.3) is 0 Å². The minimum atomic E-state index is -2.81. The molecule has 0 saturated carbocycles. The number of nitrogens with zero attached hydrogens (tertiary/aromatic N) is 1. The highest BCUT2D eigenvalue weighted by Crippen LogP contribution is 2.23. The van der Waals surface area contributed by atoms with Crippen LogP contribution in [0.3, 0.4) is 0 Å². The minimum absolute atomic E-state index is 0.0282. The first-order chi connectivity index (χ1) is 10.2. The van der Waals surface area contributed by atoms with Crippen LogP contribution in [0.1, 0.15) is 24.1 Å². The first-order valence-electron chi connectivity index (χ1n) is 6.86. The molecule has 0 saturated heterocycles. The van der Waals surface area contributed by atoms with Gasteiger partial charge in [0.1, 0.15) is 5.75 Å². The van der Waals surface area contributed by atoms with E-state index in [2.05, 4.69) is 15.0 Å². The molecule has 1 N–H and O–H groups in total. The van der Waals surface area contributed by atoms with Crippen molar-refractivity contribution in [1.29, 1.82) is 0 Å². The summed E-state index contributed by atoms with van der Waals surface area (Å²) >= 11 is 0. The Morgan fingerprint density at radius 3 is 2.76 bits per heavy atom. The van der Waals surface area contributed by atoms with Crippen molar-refractivity contribution in [3.63, 3.8) is 0 Å². The minimum Gasteiger partial charge on any atom is -0.435 e. The van der Waals surface area contributed by atoms with Gasteiger partial charge in [0, 0.05) is 18.4 Å². The summed E-state index contributed by atoms with van der Waals surface area (Å²) < 4.78 is 29.1. The summed E-state index contributed by atoms with van der Waals surface area (Å²) in [5.74, 6) is 0.177. The molecule has 21 heavy (non-hydrogen) atoms. The summed E-state index contributed by atoms with van der Waals surface area (Å²) in [5.41, 5.74) is 2.00. The molecule has 0 spiro atoms. The molecule has 1 aromatic carbocycles. The Kier molecular flexibility index (Phi) is 5.63. The zero-order valence-electron chi connectivity index (χ0n) is 11.8. The van der Waals surface area contributed by atoms with E-state index < -0.39 is 6.61 Å². The maximum atomic E-state index is 12.3. The predicted molar refractivity (Wildman–Crippen MR) is 77.4 cm³/mol. The van der Waals surface area contributed by atoms with Gasteiger partial charge in [0.2, 0.25) is 0 Å². The Morgan fingerprint density at radius 1 is 1.24 bits per heavy atom. The summed E-state index contributed by atoms with van der Waals surface area (Å²) in [6, 6.07) is 10.7. The molecule has 1 unspecified atom stereocenters. The van der Waals surface area contributed by atoms with Crippen LogP contribution < -0.4 is 10.1 Å². The first-order valence-corrected chi connectivity index (χ1v) is 6.86. The van der Waals surface area contributed by atoms with E-state index in [1.807, 2.05) is 31.3 Å². The SMILES string of the molecule is CCNC(Cc1cccnc1)c1cccc(OC(F)F)c1. The van der Waals surface area contributed by atoms with Crippen LogP contribution in [0.25, 0.3) is 0 Å². The Morgan fingerprint density at radius 2 is 2.10 bits per heavy atom. The van der Waals surface area contributed by atoms with Gasteiger partial charge in [-0.2, -0.15) is 8.78 Å². The average Bonchev–Trinajstić information content (AvgIpc) is 2.47. The quantitative estimate of drug-likeness (QED) is 0.847. The molecule has 5 heteroatoms. The number of rotatable bonds is 7. The number of hydrogen-bond acceptors (Lipinski definition) is 3. The van der Waals surface area contributed by atoms with E-state index in [1.54, 1.807) is 18.3 Å². The molecule has 2 rings (SSSR count). The fourth-order valence-electron chi connectivity index (χ4n) is 2.22. The summed E-state index contributed by atoms with van der Waals surface area (Å²) in [6.45, 7) is -0.0168. The van der Waals surface area contributed by atoms with Crippen LogP contribution in [0, 0.1) is 0 Å². The van der Waals surface area contributed by atoms with Crippen LogP contribution in [-0.2, 0) is 6.42 Å². The number of nitrogens with one attached hydrogen (secondary N) is 1. The van der Waals surface area contributed by atoms with E-state index in [9.17, 15) is 8.78 Å². The van der Waals surface area contributed by atoms with Crippen LogP contribution in [0.5, 0.6) is 5.75 Å². The second-order valence-electron chi connectivity index (χ2n) is 4.63. The predicted octanol–water partition coefficient (Wildman–Crippen LogP) is 3.58. The molecule has 1 heterocycles. The van der Waals surface area contributed by atoms with Crippen LogP contribution in [0.4, 0.5) is 8.78 Å². The van der Waals surface area contributed by atoms with Crippen molar-refractivity contribution in [2.75, 3.05) is 6.54 Å². The summed E-state index contributed by atoms with van der Waals surface area (Å²) in [5, 5.41) is 3.36. The molecule has 112 valence electrons. The van der Waals surface area contributed by atoms with Crippen molar-refractivity contribution in [2.24, 2.45) is 0 Å². The lowest BCUT2D eigenvalue weighted by atomic mass is 9.99. The van der Waals surface area contributed by atoms with Crippen LogP contribution in [0.2, 0.25) is 0 Å². The normalized spacial score (nSPS) is 12.4. The monoisotopic (exact) mass is 292 g/mol. The third-order valence-electron chi connectivity index (χ3n) is 3.10. The molecule has 0 bridgehead atoms. The zero-order valence-corrected chi connectivity index (χ0v) is 11.8. The Bertz CT molecular complexity index is 549. The molecule has 1 atom stereocenters. The zero-order chi connectivity index (χ0) is 15.1. The summed E-state index contributed by atoms with van der Waals surface area (Å²) in [7, 11) is 0. The van der Waals surface area contributed by atoms with Crippen molar-refractivity contribution in [3.8, 4) is 5.75 Å². The second kappa shape index (κ2) is 7.69. The van der Waals surface area contributed by atoms with Crippen molar-refractivity contribution >= 4 is 0 Å². The standard InChI is InChI=1S/C16H18F2N2O/c1-2-20-15(9-12-5-4-8-19-11-12)13-6-3-7-14(10-13)21-16(17)18/h3-8,10-11,15-16,20H,2,9H2,1H3. The van der Waals surface area contributed by atoms with Crippen LogP contribution >= 0.6 is 0 Å². The fourth-order valence-corrected chi connectivity index (χ4v) is 2.22. The average molecular weight is 292 g/mol. The van der Waals surface area contributed by atoms with E-state index in [0.29, 0.717) is 0 Å². The van der Waals surface area contributed by atoms with Crippen molar-refractivity contribution in [3.05, 3.63) is 59.9 Å². The summed E-state index contributed by atoms with van der Waals surface area (Å²) in [4.78, 5) is 4.10. The third-order valence-corrected chi connectivity index (χ3v) is 3.10. The molecule has 0 aliphatic carbocycles. The van der Waals surface area contributed by atoms with E-state index in [1.165, 1.54) is 6.07 Å². The van der Waals surface area contributed by atoms with E-state index in [-0.39, 0.29) is 11.8 Å². The molecule has 0 radical (unpaired) electrons. The van der Waals surface area contributed by atoms with Gasteiger partial charge in [-0.1, -0.05) is 25.1 Å². The number of likely N-dealkylation sites (N-methyl/N-ethyl adjacent to an activating group) is 1. The maximum Gasteiger partial charge on any atom is 0.387 e. The van der Waals surface area contributed by atoms with Crippen LogP contribution in [-0.4, -0.2) is 18.1 Å². The Balaban J connectivity index is 2.17. The molecule has 0 fully saturated rings. The topological polar surface area (TPSA) is 34.2 Å². The van der Waals surface area contributed by atoms with Gasteiger partial charge < -0.3 is 10.1 Å². The van der Waals surface area contributed by atoms with E-state index in [0.717, 1.165) is 24.1 Å². The number of hydrogen-bond donors (Lipinski definition) is 1. The van der Waals surface area contributed by atoms with Crippen molar-refractivity contribution in [2.45, 2.75) is 26.0 Å². The van der Waals surface area contributed by atoms with Crippen molar-refractivity contribution in [1.82, 2.24) is 10.3 Å². The van der Waals surface area contributed by atoms with Gasteiger partial charge >= 0.3 is 6.61 Å². The van der Waals surface area contributed by atoms with E-state index >= 15 is 0 Å². The van der Waals surface area contributed by atoms with Gasteiger partial charge in [-0.25, -0.2) is 0 Å². The lowest BCUT2D eigenvalue weighted by Gasteiger charge is -2.19. The molecule has 3 nitrogen and oxygen atoms in total. The van der Waals surface area contributed by atoms with Gasteiger partial charge in [0.15, 0.2) is 0 Å². The molecular formula is C16H18F2N2O. The van der Waals surface area contributed by atoms with Crippen LogP contribution in [0.15, 0.2) is 48.8 Å². The van der Waals surface area contributed by atoms with Crippen molar-refractivity contribution < 1.29 is 13.5 Å². The van der Waals surface area contributed by atoms with Gasteiger partial charge in [-0.15, -0.1) is 0 Å². The third kappa shape index (κ3) is 4.79. The molecule has 0 aliphatic heterocycles. The molecule has 0 aliphatic rings. The largest absolute Gasteiger partial charge is 0.435 e. The van der Waals surface area contributed by atoms with Gasteiger partial charge in [-0.3, -0.25) is 4.98 Å². The fraction of sp³-hybridized carbons (Fsp3) is 0.312. The maximum absolute atomic E-state index is 12.3. The Hall–Kier alpha value is -2.01. The molecular weight excluding hydrogens is 274 g/mol. The highest BCUT2D eigenvalue weighted by Gasteiger charge is 2.13. The molecule has 0 amide bonds. The number of halogens is 2.